The first-order chi connectivity index (χ1) is 14.7. The fourth-order valence-electron chi connectivity index (χ4n) is 4.36. The van der Waals surface area contributed by atoms with Crippen molar-refractivity contribution in [2.75, 3.05) is 18.4 Å². The molecule has 4 rings (SSSR count). The van der Waals surface area contributed by atoms with E-state index in [2.05, 4.69) is 48.1 Å². The van der Waals surface area contributed by atoms with Crippen LogP contribution < -0.4 is 5.32 Å². The van der Waals surface area contributed by atoms with E-state index >= 15 is 0 Å². The molecule has 1 fully saturated rings. The summed E-state index contributed by atoms with van der Waals surface area (Å²) in [4.78, 5) is 15.3. The van der Waals surface area contributed by atoms with E-state index in [9.17, 15) is 4.79 Å². The number of aromatic amines is 1. The van der Waals surface area contributed by atoms with Gasteiger partial charge in [-0.1, -0.05) is 39.0 Å². The summed E-state index contributed by atoms with van der Waals surface area (Å²) >= 11 is 0. The van der Waals surface area contributed by atoms with E-state index in [4.69, 9.17) is 5.10 Å². The lowest BCUT2D eigenvalue weighted by molar-refractivity contribution is -0.117. The van der Waals surface area contributed by atoms with Gasteiger partial charge in [0.05, 0.1) is 23.6 Å². The Morgan fingerprint density at radius 2 is 1.97 bits per heavy atom. The summed E-state index contributed by atoms with van der Waals surface area (Å²) in [6.07, 6.45) is 2.13. The third kappa shape index (κ3) is 4.42. The maximum Gasteiger partial charge on any atom is 0.239 e. The number of anilines is 1. The number of H-pyrrole nitrogens is 1. The van der Waals surface area contributed by atoms with Crippen LogP contribution in [0.3, 0.4) is 0 Å². The van der Waals surface area contributed by atoms with Crippen molar-refractivity contribution in [3.05, 3.63) is 59.0 Å². The summed E-state index contributed by atoms with van der Waals surface area (Å²) in [7, 11) is 0. The molecule has 1 aliphatic heterocycles. The smallest absolute Gasteiger partial charge is 0.239 e. The number of aryl methyl sites for hydroxylation is 2. The largest absolute Gasteiger partial charge is 0.309 e. The molecule has 2 aromatic heterocycles. The first-order valence-electron chi connectivity index (χ1n) is 11.0. The minimum atomic E-state index is -0.115. The lowest BCUT2D eigenvalue weighted by Gasteiger charge is -2.24. The molecule has 0 saturated carbocycles. The van der Waals surface area contributed by atoms with Gasteiger partial charge in [-0.25, -0.2) is 4.68 Å². The first kappa shape index (κ1) is 21.3. The summed E-state index contributed by atoms with van der Waals surface area (Å²) in [5, 5.41) is 15.3. The van der Waals surface area contributed by atoms with E-state index in [1.807, 2.05) is 48.0 Å². The lowest BCUT2D eigenvalue weighted by atomic mass is 9.92. The van der Waals surface area contributed by atoms with Crippen molar-refractivity contribution in [2.45, 2.75) is 58.9 Å². The number of nitrogens with one attached hydrogen (secondary N) is 2. The first-order valence-corrected chi connectivity index (χ1v) is 11.0. The highest BCUT2D eigenvalue weighted by atomic mass is 16.2. The average molecular weight is 421 g/mol. The predicted molar refractivity (Wildman–Crippen MR) is 123 cm³/mol. The lowest BCUT2D eigenvalue weighted by Crippen LogP contribution is -2.33. The van der Waals surface area contributed by atoms with Crippen molar-refractivity contribution in [1.29, 1.82) is 0 Å². The molecule has 3 aromatic rings. The van der Waals surface area contributed by atoms with Crippen molar-refractivity contribution in [2.24, 2.45) is 0 Å². The molecular weight excluding hydrogens is 388 g/mol. The number of nitrogens with zero attached hydrogens (tertiary/aromatic N) is 4. The number of aromatic nitrogens is 4. The van der Waals surface area contributed by atoms with Gasteiger partial charge in [-0.15, -0.1) is 0 Å². The van der Waals surface area contributed by atoms with E-state index in [0.717, 1.165) is 42.2 Å². The van der Waals surface area contributed by atoms with Crippen LogP contribution in [-0.2, 0) is 10.2 Å². The fraction of sp³-hybridized carbons (Fsp3) is 0.458. The third-order valence-corrected chi connectivity index (χ3v) is 5.97. The number of para-hydroxylation sites is 1. The molecule has 1 saturated heterocycles. The van der Waals surface area contributed by atoms with Gasteiger partial charge in [-0.2, -0.15) is 10.2 Å². The number of hydrogen-bond donors (Lipinski definition) is 2. The Balaban J connectivity index is 1.55. The van der Waals surface area contributed by atoms with E-state index < -0.39 is 0 Å². The number of likely N-dealkylation sites (tertiary alicyclic amines) is 1. The zero-order valence-corrected chi connectivity index (χ0v) is 19.1. The Bertz CT molecular complexity index is 1040. The zero-order valence-electron chi connectivity index (χ0n) is 19.1. The molecule has 1 atom stereocenters. The monoisotopic (exact) mass is 420 g/mol. The summed E-state index contributed by atoms with van der Waals surface area (Å²) in [6.45, 7) is 11.7. The number of carbonyl (C=O) groups excluding carboxylic acids is 1. The van der Waals surface area contributed by atoms with Crippen LogP contribution in [-0.4, -0.2) is 43.9 Å². The molecular formula is C24H32N6O. The molecule has 7 heteroatoms. The van der Waals surface area contributed by atoms with Gasteiger partial charge in [0.2, 0.25) is 5.91 Å². The van der Waals surface area contributed by atoms with Gasteiger partial charge in [0.25, 0.3) is 0 Å². The molecule has 2 N–H and O–H groups in total. The summed E-state index contributed by atoms with van der Waals surface area (Å²) in [5.41, 5.74) is 5.09. The van der Waals surface area contributed by atoms with Crippen LogP contribution >= 0.6 is 0 Å². The Morgan fingerprint density at radius 1 is 1.23 bits per heavy atom. The molecule has 3 heterocycles. The second-order valence-corrected chi connectivity index (χ2v) is 9.44. The van der Waals surface area contributed by atoms with Gasteiger partial charge in [-0.3, -0.25) is 14.8 Å². The SMILES string of the molecule is Cc1n[nH]c(C)c1C1CCCN1CC(=O)Nc1cc(C(C)(C)C)nn1-c1ccccc1. The Morgan fingerprint density at radius 3 is 2.61 bits per heavy atom. The van der Waals surface area contributed by atoms with Crippen LogP contribution in [0, 0.1) is 13.8 Å². The van der Waals surface area contributed by atoms with Gasteiger partial charge >= 0.3 is 0 Å². The quantitative estimate of drug-likeness (QED) is 0.646. The minimum Gasteiger partial charge on any atom is -0.309 e. The Hall–Kier alpha value is -2.93. The molecule has 7 nitrogen and oxygen atoms in total. The van der Waals surface area contributed by atoms with Crippen LogP contribution in [0.1, 0.15) is 62.3 Å². The van der Waals surface area contributed by atoms with Crippen LogP contribution in [0.15, 0.2) is 36.4 Å². The Labute approximate surface area is 183 Å². The van der Waals surface area contributed by atoms with Crippen LogP contribution in [0.4, 0.5) is 5.82 Å². The number of rotatable bonds is 5. The van der Waals surface area contributed by atoms with Crippen molar-refractivity contribution in [1.82, 2.24) is 24.9 Å². The number of hydrogen-bond acceptors (Lipinski definition) is 4. The average Bonchev–Trinajstić information content (AvgIpc) is 3.42. The molecule has 0 radical (unpaired) electrons. The van der Waals surface area contributed by atoms with Crippen molar-refractivity contribution >= 4 is 11.7 Å². The van der Waals surface area contributed by atoms with E-state index in [1.165, 1.54) is 5.56 Å². The van der Waals surface area contributed by atoms with E-state index in [0.29, 0.717) is 12.4 Å². The highest BCUT2D eigenvalue weighted by molar-refractivity contribution is 5.92. The predicted octanol–water partition coefficient (Wildman–Crippen LogP) is 4.29. The molecule has 0 bridgehead atoms. The summed E-state index contributed by atoms with van der Waals surface area (Å²) < 4.78 is 1.82. The standard InChI is InChI=1S/C24H32N6O/c1-16-23(17(2)27-26-16)19-12-9-13-29(19)15-22(31)25-21-14-20(24(3,4)5)28-30(21)18-10-7-6-8-11-18/h6-8,10-11,14,19H,9,12-13,15H2,1-5H3,(H,25,31)(H,26,27). The third-order valence-electron chi connectivity index (χ3n) is 5.97. The highest BCUT2D eigenvalue weighted by Crippen LogP contribution is 2.34. The molecule has 1 unspecified atom stereocenters. The van der Waals surface area contributed by atoms with Gasteiger partial charge in [-0.05, 0) is 45.4 Å². The van der Waals surface area contributed by atoms with Crippen LogP contribution in [0.5, 0.6) is 0 Å². The number of carbonyl (C=O) groups is 1. The Kier molecular flexibility index (Phi) is 5.71. The highest BCUT2D eigenvalue weighted by Gasteiger charge is 2.31. The van der Waals surface area contributed by atoms with Gasteiger partial charge in [0, 0.05) is 28.8 Å². The molecule has 0 aliphatic carbocycles. The molecule has 0 spiro atoms. The topological polar surface area (TPSA) is 78.8 Å². The normalized spacial score (nSPS) is 17.3. The zero-order chi connectivity index (χ0) is 22.2. The summed E-state index contributed by atoms with van der Waals surface area (Å²) in [5.74, 6) is 0.677. The number of amides is 1. The van der Waals surface area contributed by atoms with Crippen molar-refractivity contribution < 1.29 is 4.79 Å². The molecule has 31 heavy (non-hydrogen) atoms. The van der Waals surface area contributed by atoms with Crippen LogP contribution in [0.2, 0.25) is 0 Å². The molecule has 1 aromatic carbocycles. The molecule has 164 valence electrons. The summed E-state index contributed by atoms with van der Waals surface area (Å²) in [6, 6.07) is 12.1. The minimum absolute atomic E-state index is 0.0248. The van der Waals surface area contributed by atoms with Crippen molar-refractivity contribution in [3.63, 3.8) is 0 Å². The number of benzene rings is 1. The van der Waals surface area contributed by atoms with Gasteiger partial charge in [0.15, 0.2) is 0 Å². The van der Waals surface area contributed by atoms with E-state index in [-0.39, 0.29) is 17.4 Å². The van der Waals surface area contributed by atoms with Gasteiger partial charge in [0.1, 0.15) is 5.82 Å². The maximum absolute atomic E-state index is 13.1. The second kappa shape index (κ2) is 8.30. The fourth-order valence-corrected chi connectivity index (χ4v) is 4.36. The molecule has 1 amide bonds. The maximum atomic E-state index is 13.1. The van der Waals surface area contributed by atoms with Crippen molar-refractivity contribution in [3.8, 4) is 5.69 Å². The molecule has 1 aliphatic rings. The van der Waals surface area contributed by atoms with E-state index in [1.54, 1.807) is 0 Å². The second-order valence-electron chi connectivity index (χ2n) is 9.44. The van der Waals surface area contributed by atoms with Crippen LogP contribution in [0.25, 0.3) is 5.69 Å². The van der Waals surface area contributed by atoms with Gasteiger partial charge < -0.3 is 5.32 Å².